The normalized spacial score (nSPS) is 11.1. The molecule has 0 aliphatic heterocycles. The molecule has 0 spiro atoms. The molecule has 5 heteroatoms. The lowest BCUT2D eigenvalue weighted by atomic mass is 9.96. The molecular formula is C29H27N5. The van der Waals surface area contributed by atoms with Gasteiger partial charge in [0, 0.05) is 75.9 Å². The molecule has 0 saturated heterocycles. The van der Waals surface area contributed by atoms with Crippen molar-refractivity contribution in [2.45, 2.75) is 13.5 Å². The Morgan fingerprint density at radius 2 is 1.82 bits per heavy atom. The van der Waals surface area contributed by atoms with Crippen LogP contribution in [0, 0.1) is 0 Å². The van der Waals surface area contributed by atoms with Crippen LogP contribution in [0.1, 0.15) is 23.7 Å². The topological polar surface area (TPSA) is 79.6 Å². The largest absolute Gasteiger partial charge is 0.398 e. The van der Waals surface area contributed by atoms with Crippen LogP contribution in [0.15, 0.2) is 92.0 Å². The van der Waals surface area contributed by atoms with Crippen molar-refractivity contribution in [2.24, 2.45) is 0 Å². The molecule has 5 aromatic rings. The van der Waals surface area contributed by atoms with Crippen LogP contribution >= 0.6 is 0 Å². The SMILES string of the molecule is C=C(c1cc2c(-c3cccnc3)cccc2[nH]1)c1cc(-c2cncc(CNCC)c2)ccc1N. The molecule has 3 heterocycles. The molecule has 0 radical (unpaired) electrons. The molecule has 0 amide bonds. The van der Waals surface area contributed by atoms with E-state index in [1.54, 1.807) is 6.20 Å². The predicted octanol–water partition coefficient (Wildman–Crippen LogP) is 6.05. The summed E-state index contributed by atoms with van der Waals surface area (Å²) in [6.45, 7) is 8.21. The Labute approximate surface area is 199 Å². The summed E-state index contributed by atoms with van der Waals surface area (Å²) < 4.78 is 0. The third-order valence-corrected chi connectivity index (χ3v) is 6.05. The van der Waals surface area contributed by atoms with E-state index < -0.39 is 0 Å². The Hall–Kier alpha value is -4.22. The van der Waals surface area contributed by atoms with E-state index in [1.165, 1.54) is 0 Å². The number of H-pyrrole nitrogens is 1. The van der Waals surface area contributed by atoms with Crippen LogP contribution in [-0.2, 0) is 6.54 Å². The Morgan fingerprint density at radius 3 is 2.65 bits per heavy atom. The standard InChI is InChI=1S/C29H27N5/c1-3-31-15-20-12-23(18-33-16-20)21-9-10-27(30)25(13-21)19(2)29-14-26-24(7-4-8-28(26)34-29)22-6-5-11-32-17-22/h4-14,16-18,31,34H,2-3,15,30H2,1H3. The van der Waals surface area contributed by atoms with E-state index in [4.69, 9.17) is 5.73 Å². The van der Waals surface area contributed by atoms with E-state index in [1.807, 2.05) is 36.8 Å². The Bertz CT molecular complexity index is 1470. The molecule has 5 rings (SSSR count). The molecule has 0 bridgehead atoms. The molecular weight excluding hydrogens is 418 g/mol. The maximum Gasteiger partial charge on any atom is 0.0465 e. The molecule has 0 saturated carbocycles. The summed E-state index contributed by atoms with van der Waals surface area (Å²) in [5, 5.41) is 4.48. The highest BCUT2D eigenvalue weighted by molar-refractivity contribution is 5.99. The van der Waals surface area contributed by atoms with Crippen LogP contribution in [0.5, 0.6) is 0 Å². The Morgan fingerprint density at radius 1 is 0.941 bits per heavy atom. The molecule has 3 aromatic heterocycles. The molecule has 34 heavy (non-hydrogen) atoms. The van der Waals surface area contributed by atoms with E-state index >= 15 is 0 Å². The predicted molar refractivity (Wildman–Crippen MR) is 141 cm³/mol. The number of nitrogen functional groups attached to an aromatic ring is 1. The van der Waals surface area contributed by atoms with Crippen molar-refractivity contribution < 1.29 is 0 Å². The van der Waals surface area contributed by atoms with Gasteiger partial charge in [0.25, 0.3) is 0 Å². The van der Waals surface area contributed by atoms with Crippen molar-refractivity contribution in [2.75, 3.05) is 12.3 Å². The monoisotopic (exact) mass is 445 g/mol. The number of aromatic nitrogens is 3. The number of nitrogens with two attached hydrogens (primary N) is 1. The summed E-state index contributed by atoms with van der Waals surface area (Å²) >= 11 is 0. The van der Waals surface area contributed by atoms with Gasteiger partial charge in [-0.05, 0) is 59.6 Å². The van der Waals surface area contributed by atoms with Crippen LogP contribution in [-0.4, -0.2) is 21.5 Å². The zero-order valence-electron chi connectivity index (χ0n) is 19.2. The summed E-state index contributed by atoms with van der Waals surface area (Å²) in [5.41, 5.74) is 16.3. The van der Waals surface area contributed by atoms with E-state index in [-0.39, 0.29) is 0 Å². The van der Waals surface area contributed by atoms with Gasteiger partial charge in [0.1, 0.15) is 0 Å². The first-order valence-corrected chi connectivity index (χ1v) is 11.4. The number of rotatable bonds is 7. The van der Waals surface area contributed by atoms with E-state index in [9.17, 15) is 0 Å². The van der Waals surface area contributed by atoms with Gasteiger partial charge in [-0.3, -0.25) is 9.97 Å². The average molecular weight is 446 g/mol. The summed E-state index contributed by atoms with van der Waals surface area (Å²) in [4.78, 5) is 12.2. The number of nitrogens with zero attached hydrogens (tertiary/aromatic N) is 2. The summed E-state index contributed by atoms with van der Waals surface area (Å²) in [6.07, 6.45) is 7.45. The summed E-state index contributed by atoms with van der Waals surface area (Å²) in [6, 6.07) is 20.6. The van der Waals surface area contributed by atoms with Gasteiger partial charge in [-0.15, -0.1) is 0 Å². The molecule has 0 aliphatic rings. The molecule has 0 fully saturated rings. The zero-order chi connectivity index (χ0) is 23.5. The fourth-order valence-electron chi connectivity index (χ4n) is 4.25. The van der Waals surface area contributed by atoms with Crippen LogP contribution in [0.2, 0.25) is 0 Å². The number of hydrogen-bond acceptors (Lipinski definition) is 4. The molecule has 0 aliphatic carbocycles. The summed E-state index contributed by atoms with van der Waals surface area (Å²) in [7, 11) is 0. The highest BCUT2D eigenvalue weighted by atomic mass is 14.8. The number of nitrogens with one attached hydrogen (secondary N) is 2. The van der Waals surface area contributed by atoms with Gasteiger partial charge in [0.15, 0.2) is 0 Å². The lowest BCUT2D eigenvalue weighted by Gasteiger charge is -2.11. The first-order chi connectivity index (χ1) is 16.6. The molecule has 5 nitrogen and oxygen atoms in total. The average Bonchev–Trinajstić information content (AvgIpc) is 3.33. The van der Waals surface area contributed by atoms with Crippen LogP contribution in [0.25, 0.3) is 38.7 Å². The van der Waals surface area contributed by atoms with Crippen molar-refractivity contribution in [3.63, 3.8) is 0 Å². The summed E-state index contributed by atoms with van der Waals surface area (Å²) in [5.74, 6) is 0. The number of benzene rings is 2. The van der Waals surface area contributed by atoms with Gasteiger partial charge >= 0.3 is 0 Å². The molecule has 0 atom stereocenters. The lowest BCUT2D eigenvalue weighted by Crippen LogP contribution is -2.11. The van der Waals surface area contributed by atoms with Crippen LogP contribution in [0.3, 0.4) is 0 Å². The minimum Gasteiger partial charge on any atom is -0.398 e. The fourth-order valence-corrected chi connectivity index (χ4v) is 4.25. The quantitative estimate of drug-likeness (QED) is 0.267. The molecule has 4 N–H and O–H groups in total. The fraction of sp³-hybridized carbons (Fsp3) is 0.103. The van der Waals surface area contributed by atoms with E-state index in [0.29, 0.717) is 5.69 Å². The molecule has 0 unspecified atom stereocenters. The third kappa shape index (κ3) is 4.21. The minimum absolute atomic E-state index is 0.691. The van der Waals surface area contributed by atoms with Crippen molar-refractivity contribution in [3.8, 4) is 22.3 Å². The number of fused-ring (bicyclic) bond motifs is 1. The zero-order valence-corrected chi connectivity index (χ0v) is 19.2. The second-order valence-electron chi connectivity index (χ2n) is 8.33. The second-order valence-corrected chi connectivity index (χ2v) is 8.33. The van der Waals surface area contributed by atoms with Crippen molar-refractivity contribution in [3.05, 3.63) is 109 Å². The van der Waals surface area contributed by atoms with Crippen LogP contribution < -0.4 is 11.1 Å². The highest BCUT2D eigenvalue weighted by Gasteiger charge is 2.13. The molecule has 168 valence electrons. The van der Waals surface area contributed by atoms with E-state index in [0.717, 1.165) is 68.6 Å². The van der Waals surface area contributed by atoms with Gasteiger partial charge in [-0.25, -0.2) is 0 Å². The van der Waals surface area contributed by atoms with Gasteiger partial charge in [-0.2, -0.15) is 0 Å². The van der Waals surface area contributed by atoms with Crippen molar-refractivity contribution in [1.82, 2.24) is 20.3 Å². The maximum atomic E-state index is 6.41. The minimum atomic E-state index is 0.691. The Balaban J connectivity index is 1.52. The first-order valence-electron chi connectivity index (χ1n) is 11.4. The number of aromatic amines is 1. The lowest BCUT2D eigenvalue weighted by molar-refractivity contribution is 0.724. The number of pyridine rings is 2. The van der Waals surface area contributed by atoms with Gasteiger partial charge in [0.05, 0.1) is 0 Å². The van der Waals surface area contributed by atoms with Crippen molar-refractivity contribution >= 4 is 22.2 Å². The number of hydrogen-bond donors (Lipinski definition) is 3. The third-order valence-electron chi connectivity index (χ3n) is 6.05. The van der Waals surface area contributed by atoms with Gasteiger partial charge < -0.3 is 16.0 Å². The maximum absolute atomic E-state index is 6.41. The van der Waals surface area contributed by atoms with Gasteiger partial charge in [0.2, 0.25) is 0 Å². The smallest absolute Gasteiger partial charge is 0.0465 e. The van der Waals surface area contributed by atoms with Crippen LogP contribution in [0.4, 0.5) is 5.69 Å². The molecule has 2 aromatic carbocycles. The Kier molecular flexibility index (Phi) is 5.93. The first kappa shape index (κ1) is 21.6. The van der Waals surface area contributed by atoms with E-state index in [2.05, 4.69) is 76.2 Å². The second kappa shape index (κ2) is 9.33. The number of anilines is 1. The van der Waals surface area contributed by atoms with Gasteiger partial charge in [-0.1, -0.05) is 37.8 Å². The van der Waals surface area contributed by atoms with Crippen molar-refractivity contribution in [1.29, 1.82) is 0 Å². The highest BCUT2D eigenvalue weighted by Crippen LogP contribution is 2.35.